The van der Waals surface area contributed by atoms with Crippen LogP contribution in [0.3, 0.4) is 0 Å². The quantitative estimate of drug-likeness (QED) is 0.367. The molecule has 1 aromatic heterocycles. The van der Waals surface area contributed by atoms with Crippen LogP contribution in [0.5, 0.6) is 0 Å². The largest absolute Gasteiger partial charge is 0.296 e. The second-order valence-corrected chi connectivity index (χ2v) is 10.2. The van der Waals surface area contributed by atoms with E-state index >= 15 is 0 Å². The molecule has 0 radical (unpaired) electrons. The van der Waals surface area contributed by atoms with Crippen LogP contribution in [-0.4, -0.2) is 36.8 Å². The van der Waals surface area contributed by atoms with Crippen molar-refractivity contribution in [3.05, 3.63) is 70.7 Å². The first-order chi connectivity index (χ1) is 13.9. The number of anilines is 1. The van der Waals surface area contributed by atoms with Crippen LogP contribution in [0.2, 0.25) is 5.02 Å². The molecule has 2 N–H and O–H groups in total. The van der Waals surface area contributed by atoms with Crippen LogP contribution in [0.25, 0.3) is 0 Å². The molecule has 0 aliphatic rings. The third kappa shape index (κ3) is 6.51. The molecule has 1 heterocycles. The minimum Gasteiger partial charge on any atom is -0.296 e. The molecule has 0 aliphatic carbocycles. The Kier molecular flexibility index (Phi) is 7.62. The van der Waals surface area contributed by atoms with Crippen LogP contribution in [0, 0.1) is 0 Å². The second-order valence-electron chi connectivity index (χ2n) is 5.77. The van der Waals surface area contributed by atoms with Crippen molar-refractivity contribution in [2.75, 3.05) is 17.6 Å². The van der Waals surface area contributed by atoms with Crippen molar-refractivity contribution in [3.8, 4) is 0 Å². The Hall–Kier alpha value is -1.98. The van der Waals surface area contributed by atoms with Crippen molar-refractivity contribution < 1.29 is 13.2 Å². The van der Waals surface area contributed by atoms with Gasteiger partial charge in [-0.3, -0.25) is 10.1 Å². The van der Waals surface area contributed by atoms with Crippen molar-refractivity contribution in [1.29, 1.82) is 0 Å². The predicted molar refractivity (Wildman–Crippen MR) is 117 cm³/mol. The number of sulfonamides is 1. The number of rotatable bonds is 9. The molecular weight excluding hydrogens is 452 g/mol. The Morgan fingerprint density at radius 1 is 1.07 bits per heavy atom. The van der Waals surface area contributed by atoms with Gasteiger partial charge >= 0.3 is 0 Å². The summed E-state index contributed by atoms with van der Waals surface area (Å²) in [5, 5.41) is 10.8. The molecule has 0 unspecified atom stereocenters. The maximum Gasteiger partial charge on any atom is 0.269 e. The summed E-state index contributed by atoms with van der Waals surface area (Å²) in [6, 6.07) is 16.1. The highest BCUT2D eigenvalue weighted by Gasteiger charge is 2.20. The monoisotopic (exact) mass is 468 g/mol. The SMILES string of the molecule is O=C(Nc1nnc(S(=O)(=O)NCCSCc2ccc(Cl)cc2)s1)c1ccccc1. The van der Waals surface area contributed by atoms with Gasteiger partial charge in [0.1, 0.15) is 0 Å². The molecular formula is C18H17ClN4O3S3. The van der Waals surface area contributed by atoms with E-state index in [1.807, 2.05) is 24.3 Å². The maximum absolute atomic E-state index is 12.3. The van der Waals surface area contributed by atoms with Gasteiger partial charge in [0.15, 0.2) is 0 Å². The molecule has 11 heteroatoms. The summed E-state index contributed by atoms with van der Waals surface area (Å²) >= 11 is 8.25. The molecule has 0 fully saturated rings. The number of carbonyl (C=O) groups excluding carboxylic acids is 1. The Labute approximate surface area is 182 Å². The van der Waals surface area contributed by atoms with Crippen molar-refractivity contribution in [3.63, 3.8) is 0 Å². The van der Waals surface area contributed by atoms with E-state index in [-0.39, 0.29) is 21.9 Å². The summed E-state index contributed by atoms with van der Waals surface area (Å²) in [6.45, 7) is 0.256. The zero-order chi connectivity index (χ0) is 20.7. The molecule has 1 amide bonds. The molecule has 0 atom stereocenters. The molecule has 152 valence electrons. The second kappa shape index (κ2) is 10.2. The van der Waals surface area contributed by atoms with Gasteiger partial charge in [0.05, 0.1) is 0 Å². The number of hydrogen-bond donors (Lipinski definition) is 2. The summed E-state index contributed by atoms with van der Waals surface area (Å²) in [5.74, 6) is 0.975. The molecule has 29 heavy (non-hydrogen) atoms. The van der Waals surface area contributed by atoms with Crippen LogP contribution in [-0.2, 0) is 15.8 Å². The summed E-state index contributed by atoms with van der Waals surface area (Å²) < 4.78 is 27.0. The molecule has 0 aliphatic heterocycles. The Morgan fingerprint density at radius 2 is 1.79 bits per heavy atom. The van der Waals surface area contributed by atoms with Gasteiger partial charge in [0, 0.05) is 28.6 Å². The number of thioether (sulfide) groups is 1. The van der Waals surface area contributed by atoms with E-state index < -0.39 is 10.0 Å². The molecule has 0 saturated carbocycles. The van der Waals surface area contributed by atoms with Crippen molar-refractivity contribution in [2.45, 2.75) is 10.1 Å². The first-order valence-electron chi connectivity index (χ1n) is 8.46. The topological polar surface area (TPSA) is 101 Å². The van der Waals surface area contributed by atoms with Gasteiger partial charge in [-0.2, -0.15) is 11.8 Å². The number of carbonyl (C=O) groups is 1. The maximum atomic E-state index is 12.3. The van der Waals surface area contributed by atoms with Gasteiger partial charge in [0.25, 0.3) is 15.9 Å². The summed E-state index contributed by atoms with van der Waals surface area (Å²) in [5.41, 5.74) is 1.56. The number of hydrogen-bond acceptors (Lipinski definition) is 7. The fraction of sp³-hybridized carbons (Fsp3) is 0.167. The Morgan fingerprint density at radius 3 is 2.52 bits per heavy atom. The van der Waals surface area contributed by atoms with E-state index in [9.17, 15) is 13.2 Å². The molecule has 3 rings (SSSR count). The van der Waals surface area contributed by atoms with Crippen molar-refractivity contribution in [1.82, 2.24) is 14.9 Å². The number of amides is 1. The van der Waals surface area contributed by atoms with E-state index in [1.165, 1.54) is 0 Å². The highest BCUT2D eigenvalue weighted by molar-refractivity contribution is 7.98. The predicted octanol–water partition coefficient (Wildman–Crippen LogP) is 3.66. The van der Waals surface area contributed by atoms with Crippen LogP contribution in [0.4, 0.5) is 5.13 Å². The van der Waals surface area contributed by atoms with Gasteiger partial charge in [0.2, 0.25) is 9.47 Å². The minimum absolute atomic E-state index is 0.122. The number of aromatic nitrogens is 2. The Bertz CT molecular complexity index is 1060. The first-order valence-corrected chi connectivity index (χ1v) is 12.3. The smallest absolute Gasteiger partial charge is 0.269 e. The molecule has 3 aromatic rings. The van der Waals surface area contributed by atoms with E-state index in [0.29, 0.717) is 16.3 Å². The van der Waals surface area contributed by atoms with Crippen LogP contribution in [0.15, 0.2) is 58.9 Å². The fourth-order valence-electron chi connectivity index (χ4n) is 2.21. The lowest BCUT2D eigenvalue weighted by molar-refractivity contribution is 0.102. The average molecular weight is 469 g/mol. The lowest BCUT2D eigenvalue weighted by atomic mass is 10.2. The normalized spacial score (nSPS) is 11.3. The molecule has 2 aromatic carbocycles. The highest BCUT2D eigenvalue weighted by atomic mass is 35.5. The third-order valence-electron chi connectivity index (χ3n) is 3.61. The van der Waals surface area contributed by atoms with Crippen LogP contribution < -0.4 is 10.0 Å². The summed E-state index contributed by atoms with van der Waals surface area (Å²) in [4.78, 5) is 12.1. The van der Waals surface area contributed by atoms with Crippen LogP contribution in [0.1, 0.15) is 15.9 Å². The highest BCUT2D eigenvalue weighted by Crippen LogP contribution is 2.20. The summed E-state index contributed by atoms with van der Waals surface area (Å²) in [7, 11) is -3.78. The number of benzene rings is 2. The molecule has 0 spiro atoms. The van der Waals surface area contributed by atoms with Gasteiger partial charge in [-0.25, -0.2) is 13.1 Å². The summed E-state index contributed by atoms with van der Waals surface area (Å²) in [6.07, 6.45) is 0. The number of halogens is 1. The zero-order valence-corrected chi connectivity index (χ0v) is 18.2. The van der Waals surface area contributed by atoms with Gasteiger partial charge in [-0.15, -0.1) is 10.2 Å². The standard InChI is InChI=1S/C18H17ClN4O3S3/c19-15-8-6-13(7-9-15)12-27-11-10-20-29(25,26)18-23-22-17(28-18)21-16(24)14-4-2-1-3-5-14/h1-9,20H,10-12H2,(H,21,22,24). The zero-order valence-electron chi connectivity index (χ0n) is 15.0. The van der Waals surface area contributed by atoms with Gasteiger partial charge in [-0.1, -0.05) is 53.3 Å². The minimum atomic E-state index is -3.78. The number of nitrogens with one attached hydrogen (secondary N) is 2. The van der Waals surface area contributed by atoms with E-state index in [2.05, 4.69) is 20.2 Å². The van der Waals surface area contributed by atoms with E-state index in [0.717, 1.165) is 22.7 Å². The van der Waals surface area contributed by atoms with Crippen LogP contribution >= 0.6 is 34.7 Å². The van der Waals surface area contributed by atoms with E-state index in [1.54, 1.807) is 42.1 Å². The third-order valence-corrected chi connectivity index (χ3v) is 7.56. The van der Waals surface area contributed by atoms with Crippen molar-refractivity contribution >= 4 is 55.8 Å². The number of nitrogens with zero attached hydrogens (tertiary/aromatic N) is 2. The van der Waals surface area contributed by atoms with E-state index in [4.69, 9.17) is 11.6 Å². The molecule has 7 nitrogen and oxygen atoms in total. The fourth-order valence-corrected chi connectivity index (χ4v) is 5.25. The first kappa shape index (κ1) is 21.7. The lowest BCUT2D eigenvalue weighted by Gasteiger charge is -2.04. The van der Waals surface area contributed by atoms with Crippen molar-refractivity contribution in [2.24, 2.45) is 0 Å². The average Bonchev–Trinajstić information content (AvgIpc) is 3.19. The molecule has 0 bridgehead atoms. The molecule has 0 saturated heterocycles. The lowest BCUT2D eigenvalue weighted by Crippen LogP contribution is -2.26. The van der Waals surface area contributed by atoms with Gasteiger partial charge in [-0.05, 0) is 29.8 Å². The van der Waals surface area contributed by atoms with Gasteiger partial charge < -0.3 is 0 Å². The Balaban J connectivity index is 1.47.